The second-order valence-corrected chi connectivity index (χ2v) is 6.25. The molecule has 31 heavy (non-hydrogen) atoms. The van der Waals surface area contributed by atoms with E-state index in [9.17, 15) is 4.79 Å². The molecule has 150 valence electrons. The number of rotatable bonds is 3. The molecule has 0 bridgehead atoms. The van der Waals surface area contributed by atoms with E-state index in [0.29, 0.717) is 5.69 Å². The van der Waals surface area contributed by atoms with Gasteiger partial charge in [-0.15, -0.1) is 12.1 Å². The van der Waals surface area contributed by atoms with Crippen molar-refractivity contribution in [3.63, 3.8) is 0 Å². The van der Waals surface area contributed by atoms with Gasteiger partial charge in [-0.25, -0.2) is 4.99 Å². The summed E-state index contributed by atoms with van der Waals surface area (Å²) < 4.78 is 5.54. The van der Waals surface area contributed by atoms with Crippen LogP contribution in [0, 0.1) is 6.07 Å². The van der Waals surface area contributed by atoms with E-state index in [0.717, 1.165) is 23.6 Å². The first kappa shape index (κ1) is 24.1. The van der Waals surface area contributed by atoms with Crippen molar-refractivity contribution in [1.82, 2.24) is 5.32 Å². The van der Waals surface area contributed by atoms with Crippen LogP contribution < -0.4 is 34.9 Å². The number of carboxylic acid groups (broad SMARTS) is 1. The van der Waals surface area contributed by atoms with Crippen LogP contribution in [0.15, 0.2) is 89.6 Å². The largest absolute Gasteiger partial charge is 1.00 e. The molecule has 2 N–H and O–H groups in total. The zero-order valence-electron chi connectivity index (χ0n) is 17.2. The van der Waals surface area contributed by atoms with Gasteiger partial charge in [-0.2, -0.15) is 18.2 Å². The van der Waals surface area contributed by atoms with Gasteiger partial charge in [-0.3, -0.25) is 14.9 Å². The fourth-order valence-corrected chi connectivity index (χ4v) is 2.60. The van der Waals surface area contributed by atoms with Crippen LogP contribution in [-0.2, 0) is 14.3 Å². The van der Waals surface area contributed by atoms with E-state index in [2.05, 4.69) is 28.5 Å². The van der Waals surface area contributed by atoms with Gasteiger partial charge in [0.05, 0.1) is 0 Å². The van der Waals surface area contributed by atoms with Gasteiger partial charge >= 0.3 is 35.6 Å². The number of amides is 1. The van der Waals surface area contributed by atoms with Gasteiger partial charge in [0, 0.05) is 6.92 Å². The number of carbonyl (C=O) groups excluding carboxylic acids is 1. The van der Waals surface area contributed by atoms with Crippen LogP contribution in [-0.4, -0.2) is 23.0 Å². The molecule has 1 amide bonds. The van der Waals surface area contributed by atoms with E-state index in [1.807, 2.05) is 42.5 Å². The third-order valence-electron chi connectivity index (χ3n) is 3.90. The molecule has 1 aliphatic heterocycles. The zero-order valence-corrected chi connectivity index (χ0v) is 19.2. The van der Waals surface area contributed by atoms with Gasteiger partial charge in [-0.1, -0.05) is 54.6 Å². The SMILES string of the molecule is CC(=O)O.O=C1NC(=Nc2cc[c-]cc2)O/C1=C/c1ccc(-c2ccccc2)cc1.[Na+]. The third kappa shape index (κ3) is 7.53. The second kappa shape index (κ2) is 11.9. The first-order valence-corrected chi connectivity index (χ1v) is 9.12. The topological polar surface area (TPSA) is 88.0 Å². The zero-order chi connectivity index (χ0) is 21.3. The Morgan fingerprint density at radius 1 is 1.00 bits per heavy atom. The fourth-order valence-electron chi connectivity index (χ4n) is 2.60. The Balaban J connectivity index is 0.000000631. The quantitative estimate of drug-likeness (QED) is 0.380. The van der Waals surface area contributed by atoms with Gasteiger partial charge in [0.1, 0.15) is 0 Å². The summed E-state index contributed by atoms with van der Waals surface area (Å²) in [6, 6.07) is 28.2. The normalized spacial score (nSPS) is 14.7. The number of benzene rings is 3. The number of carboxylic acids is 1. The summed E-state index contributed by atoms with van der Waals surface area (Å²) in [5.41, 5.74) is 3.83. The molecule has 0 radical (unpaired) electrons. The minimum Gasteiger partial charge on any atom is -0.481 e. The van der Waals surface area contributed by atoms with Crippen molar-refractivity contribution in [2.75, 3.05) is 0 Å². The van der Waals surface area contributed by atoms with E-state index in [-0.39, 0.29) is 47.2 Å². The maximum absolute atomic E-state index is 12.1. The van der Waals surface area contributed by atoms with Crippen molar-refractivity contribution in [3.8, 4) is 11.1 Å². The predicted octanol–water partition coefficient (Wildman–Crippen LogP) is 1.42. The van der Waals surface area contributed by atoms with Gasteiger partial charge in [0.2, 0.25) is 0 Å². The van der Waals surface area contributed by atoms with Crippen molar-refractivity contribution >= 4 is 29.7 Å². The number of hydrogen-bond acceptors (Lipinski definition) is 4. The molecular weight excluding hydrogens is 403 g/mol. The van der Waals surface area contributed by atoms with Crippen LogP contribution in [0.3, 0.4) is 0 Å². The Bertz CT molecular complexity index is 1080. The van der Waals surface area contributed by atoms with Crippen LogP contribution in [0.4, 0.5) is 5.69 Å². The Labute approximate surface area is 202 Å². The van der Waals surface area contributed by atoms with Gasteiger partial charge < -0.3 is 9.84 Å². The molecule has 3 aromatic rings. The first-order valence-electron chi connectivity index (χ1n) is 9.12. The molecule has 0 atom stereocenters. The number of amidine groups is 1. The second-order valence-electron chi connectivity index (χ2n) is 6.25. The summed E-state index contributed by atoms with van der Waals surface area (Å²) in [6.45, 7) is 1.08. The molecule has 0 saturated carbocycles. The number of ether oxygens (including phenoxy) is 1. The summed E-state index contributed by atoms with van der Waals surface area (Å²) in [7, 11) is 0. The first-order chi connectivity index (χ1) is 14.5. The molecule has 0 unspecified atom stereocenters. The van der Waals surface area contributed by atoms with Crippen LogP contribution >= 0.6 is 0 Å². The van der Waals surface area contributed by atoms with E-state index >= 15 is 0 Å². The maximum atomic E-state index is 12.1. The standard InChI is InChI=1S/C22H15N2O2.C2H4O2.Na/c25-21-20(26-22(24-21)23-19-9-5-2-6-10-19)15-16-11-13-18(14-12-16)17-7-3-1-4-8-17;1-2(3)4;/h1,3-15H,(H,23,24,25);1H3,(H,3,4);/q-1;;+1/b20-15+;;. The molecule has 6 nitrogen and oxygen atoms in total. The van der Waals surface area contributed by atoms with Crippen molar-refractivity contribution in [2.24, 2.45) is 4.99 Å². The van der Waals surface area contributed by atoms with Crippen molar-refractivity contribution in [1.29, 1.82) is 0 Å². The van der Waals surface area contributed by atoms with Crippen LogP contribution in [0.2, 0.25) is 0 Å². The van der Waals surface area contributed by atoms with Crippen molar-refractivity contribution in [3.05, 3.63) is 96.3 Å². The number of nitrogens with one attached hydrogen (secondary N) is 1. The van der Waals surface area contributed by atoms with Crippen LogP contribution in [0.5, 0.6) is 0 Å². The summed E-state index contributed by atoms with van der Waals surface area (Å²) in [6.07, 6.45) is 1.70. The smallest absolute Gasteiger partial charge is 0.481 e. The number of aliphatic carboxylic acids is 1. The minimum absolute atomic E-state index is 0. The van der Waals surface area contributed by atoms with Crippen LogP contribution in [0.1, 0.15) is 12.5 Å². The molecule has 0 aromatic heterocycles. The Kier molecular flexibility index (Phi) is 9.21. The summed E-state index contributed by atoms with van der Waals surface area (Å²) in [5, 5.41) is 10.0. The molecule has 3 aromatic carbocycles. The van der Waals surface area contributed by atoms with Gasteiger partial charge in [0.25, 0.3) is 11.9 Å². The molecule has 4 rings (SSSR count). The van der Waals surface area contributed by atoms with E-state index in [1.165, 1.54) is 0 Å². The monoisotopic (exact) mass is 422 g/mol. The molecule has 1 heterocycles. The van der Waals surface area contributed by atoms with E-state index in [4.69, 9.17) is 14.6 Å². The molecule has 7 heteroatoms. The predicted molar refractivity (Wildman–Crippen MR) is 115 cm³/mol. The summed E-state index contributed by atoms with van der Waals surface area (Å²) in [4.78, 5) is 25.3. The van der Waals surface area contributed by atoms with E-state index < -0.39 is 5.97 Å². The molecule has 1 saturated heterocycles. The molecular formula is C24H19N2NaO4. The number of aliphatic imine (C=N–C) groups is 1. The van der Waals surface area contributed by atoms with Crippen LogP contribution in [0.25, 0.3) is 17.2 Å². The molecule has 0 spiro atoms. The number of nitrogens with zero attached hydrogens (tertiary/aromatic N) is 1. The molecule has 1 aliphatic rings. The summed E-state index contributed by atoms with van der Waals surface area (Å²) in [5.74, 6) is -0.919. The number of carbonyl (C=O) groups is 2. The molecule has 1 fully saturated rings. The van der Waals surface area contributed by atoms with Crippen molar-refractivity contribution < 1.29 is 49.0 Å². The fraction of sp³-hybridized carbons (Fsp3) is 0.0417. The van der Waals surface area contributed by atoms with Gasteiger partial charge in [0.15, 0.2) is 5.76 Å². The molecule has 0 aliphatic carbocycles. The Morgan fingerprint density at radius 3 is 2.19 bits per heavy atom. The van der Waals surface area contributed by atoms with Crippen molar-refractivity contribution in [2.45, 2.75) is 6.92 Å². The Hall–Kier alpha value is -3.19. The number of hydrogen-bond donors (Lipinski definition) is 2. The van der Waals surface area contributed by atoms with E-state index in [1.54, 1.807) is 30.3 Å². The average Bonchev–Trinajstić information content (AvgIpc) is 3.08. The third-order valence-corrected chi connectivity index (χ3v) is 3.90. The maximum Gasteiger partial charge on any atom is 1.00 e. The minimum atomic E-state index is -0.833. The summed E-state index contributed by atoms with van der Waals surface area (Å²) >= 11 is 0. The average molecular weight is 422 g/mol. The Morgan fingerprint density at radius 2 is 1.58 bits per heavy atom. The van der Waals surface area contributed by atoms with Gasteiger partial charge in [-0.05, 0) is 28.5 Å².